The summed E-state index contributed by atoms with van der Waals surface area (Å²) >= 11 is 0. The molecule has 1 heterocycles. The fraction of sp³-hybridized carbons (Fsp3) is 0.125. The number of ketones is 1. The number of methoxy groups -OCH3 is 1. The van der Waals surface area contributed by atoms with Crippen molar-refractivity contribution in [2.24, 2.45) is 0 Å². The van der Waals surface area contributed by atoms with Crippen LogP contribution in [0.25, 0.3) is 11.0 Å². The van der Waals surface area contributed by atoms with E-state index in [-0.39, 0.29) is 12.2 Å². The van der Waals surface area contributed by atoms with E-state index in [1.54, 1.807) is 54.6 Å². The normalized spacial score (nSPS) is 11.6. The molecule has 0 atom stereocenters. The topological polar surface area (TPSA) is 39.4 Å². The number of para-hydroxylation sites is 1. The van der Waals surface area contributed by atoms with Gasteiger partial charge in [0.1, 0.15) is 17.1 Å². The number of benzene rings is 3. The summed E-state index contributed by atoms with van der Waals surface area (Å²) in [5, 5.41) is 0.625. The molecule has 4 aromatic rings. The molecule has 0 unspecified atom stereocenters. The van der Waals surface area contributed by atoms with Crippen molar-refractivity contribution in [3.63, 3.8) is 0 Å². The summed E-state index contributed by atoms with van der Waals surface area (Å²) in [6.45, 7) is 0. The maximum atomic E-state index is 13.3. The van der Waals surface area contributed by atoms with Gasteiger partial charge in [-0.2, -0.15) is 13.2 Å². The van der Waals surface area contributed by atoms with Crippen molar-refractivity contribution in [2.45, 2.75) is 12.6 Å². The van der Waals surface area contributed by atoms with Crippen LogP contribution in [-0.2, 0) is 12.6 Å². The van der Waals surface area contributed by atoms with Gasteiger partial charge in [0.05, 0.1) is 18.2 Å². The van der Waals surface area contributed by atoms with E-state index in [1.807, 2.05) is 0 Å². The molecule has 0 aliphatic heterocycles. The van der Waals surface area contributed by atoms with E-state index < -0.39 is 11.7 Å². The molecule has 3 aromatic carbocycles. The number of fused-ring (bicyclic) bond motifs is 1. The van der Waals surface area contributed by atoms with Crippen LogP contribution in [0.4, 0.5) is 13.2 Å². The van der Waals surface area contributed by atoms with Gasteiger partial charge in [-0.3, -0.25) is 4.79 Å². The van der Waals surface area contributed by atoms with Crippen molar-refractivity contribution in [3.05, 3.63) is 101 Å². The number of hydrogen-bond donors (Lipinski definition) is 0. The minimum atomic E-state index is -4.44. The molecule has 0 aliphatic rings. The molecule has 0 saturated carbocycles. The first-order chi connectivity index (χ1) is 14.4. The number of carbonyl (C=O) groups is 1. The second-order valence-corrected chi connectivity index (χ2v) is 6.83. The number of ether oxygens (including phenoxy) is 1. The number of hydrogen-bond acceptors (Lipinski definition) is 3. The lowest BCUT2D eigenvalue weighted by Crippen LogP contribution is -2.07. The second kappa shape index (κ2) is 7.71. The summed E-state index contributed by atoms with van der Waals surface area (Å²) in [6, 6.07) is 18.8. The molecule has 30 heavy (non-hydrogen) atoms. The van der Waals surface area contributed by atoms with Crippen molar-refractivity contribution in [3.8, 4) is 5.75 Å². The van der Waals surface area contributed by atoms with E-state index >= 15 is 0 Å². The molecule has 152 valence electrons. The van der Waals surface area contributed by atoms with Crippen LogP contribution >= 0.6 is 0 Å². The molecule has 0 bridgehead atoms. The van der Waals surface area contributed by atoms with Crippen molar-refractivity contribution in [1.29, 1.82) is 0 Å². The van der Waals surface area contributed by atoms with Gasteiger partial charge in [-0.05, 0) is 42.0 Å². The van der Waals surface area contributed by atoms with Crippen LogP contribution in [0, 0.1) is 0 Å². The molecule has 0 amide bonds. The molecule has 0 aliphatic carbocycles. The Morgan fingerprint density at radius 3 is 2.40 bits per heavy atom. The van der Waals surface area contributed by atoms with Crippen molar-refractivity contribution in [1.82, 2.24) is 0 Å². The standard InChI is InChI=1S/C24H17F3O3/c1-29-18-11-9-16(10-12-18)23(28)22-19-7-2-3-8-20(19)30-21(22)14-15-5-4-6-17(13-15)24(25,26)27/h2-13H,14H2,1H3. The minimum Gasteiger partial charge on any atom is -0.497 e. The molecule has 1 aromatic heterocycles. The minimum absolute atomic E-state index is 0.0653. The van der Waals surface area contributed by atoms with Gasteiger partial charge in [-0.25, -0.2) is 0 Å². The van der Waals surface area contributed by atoms with Crippen LogP contribution < -0.4 is 4.74 Å². The Hall–Kier alpha value is -3.54. The molecule has 0 fully saturated rings. The molecule has 6 heteroatoms. The quantitative estimate of drug-likeness (QED) is 0.364. The van der Waals surface area contributed by atoms with E-state index in [0.29, 0.717) is 39.2 Å². The number of rotatable bonds is 5. The van der Waals surface area contributed by atoms with Crippen LogP contribution in [0.5, 0.6) is 5.75 Å². The van der Waals surface area contributed by atoms with Crippen LogP contribution in [0.2, 0.25) is 0 Å². The number of alkyl halides is 3. The van der Waals surface area contributed by atoms with Crippen molar-refractivity contribution < 1.29 is 27.1 Å². The molecule has 4 rings (SSSR count). The van der Waals surface area contributed by atoms with Crippen LogP contribution in [0.15, 0.2) is 77.2 Å². The third-order valence-electron chi connectivity index (χ3n) is 4.87. The fourth-order valence-corrected chi connectivity index (χ4v) is 3.40. The first kappa shape index (κ1) is 19.8. The van der Waals surface area contributed by atoms with E-state index in [9.17, 15) is 18.0 Å². The van der Waals surface area contributed by atoms with Gasteiger partial charge >= 0.3 is 6.18 Å². The summed E-state index contributed by atoms with van der Waals surface area (Å²) in [5.41, 5.74) is 0.976. The predicted molar refractivity (Wildman–Crippen MR) is 107 cm³/mol. The van der Waals surface area contributed by atoms with Gasteiger partial charge in [-0.15, -0.1) is 0 Å². The highest BCUT2D eigenvalue weighted by atomic mass is 19.4. The largest absolute Gasteiger partial charge is 0.497 e. The number of halogens is 3. The first-order valence-electron chi connectivity index (χ1n) is 9.22. The van der Waals surface area contributed by atoms with Gasteiger partial charge < -0.3 is 9.15 Å². The molecular formula is C24H17F3O3. The average molecular weight is 410 g/mol. The summed E-state index contributed by atoms with van der Waals surface area (Å²) in [7, 11) is 1.54. The third kappa shape index (κ3) is 3.81. The zero-order chi connectivity index (χ0) is 21.3. The highest BCUT2D eigenvalue weighted by Crippen LogP contribution is 2.33. The molecule has 0 radical (unpaired) electrons. The second-order valence-electron chi connectivity index (χ2n) is 6.83. The third-order valence-corrected chi connectivity index (χ3v) is 4.87. The Morgan fingerprint density at radius 2 is 1.70 bits per heavy atom. The van der Waals surface area contributed by atoms with Crippen LogP contribution in [0.1, 0.15) is 32.8 Å². The Kier molecular flexibility index (Phi) is 5.08. The first-order valence-corrected chi connectivity index (χ1v) is 9.22. The van der Waals surface area contributed by atoms with E-state index in [0.717, 1.165) is 12.1 Å². The predicted octanol–water partition coefficient (Wildman–Crippen LogP) is 6.28. The highest BCUT2D eigenvalue weighted by molar-refractivity contribution is 6.16. The van der Waals surface area contributed by atoms with Crippen molar-refractivity contribution >= 4 is 16.8 Å². The summed E-state index contributed by atoms with van der Waals surface area (Å²) in [4.78, 5) is 13.3. The molecular weight excluding hydrogens is 393 g/mol. The summed E-state index contributed by atoms with van der Waals surface area (Å²) in [5.74, 6) is 0.689. The molecule has 0 N–H and O–H groups in total. The van der Waals surface area contributed by atoms with Gasteiger partial charge in [0, 0.05) is 17.4 Å². The zero-order valence-electron chi connectivity index (χ0n) is 16.0. The Balaban J connectivity index is 1.78. The molecule has 0 saturated heterocycles. The maximum Gasteiger partial charge on any atom is 0.416 e. The Labute approximate surface area is 170 Å². The van der Waals surface area contributed by atoms with Crippen LogP contribution in [0.3, 0.4) is 0 Å². The number of carbonyl (C=O) groups excluding carboxylic acids is 1. The van der Waals surface area contributed by atoms with Gasteiger partial charge in [-0.1, -0.05) is 36.4 Å². The van der Waals surface area contributed by atoms with E-state index in [2.05, 4.69) is 0 Å². The SMILES string of the molecule is COc1ccc(C(=O)c2c(Cc3cccc(C(F)(F)F)c3)oc3ccccc23)cc1. The lowest BCUT2D eigenvalue weighted by Gasteiger charge is -2.09. The Bertz CT molecular complexity index is 1200. The van der Waals surface area contributed by atoms with Gasteiger partial charge in [0.15, 0.2) is 5.78 Å². The van der Waals surface area contributed by atoms with Gasteiger partial charge in [0.2, 0.25) is 0 Å². The summed E-state index contributed by atoms with van der Waals surface area (Å²) in [6.07, 6.45) is -4.37. The number of furan rings is 1. The van der Waals surface area contributed by atoms with Crippen molar-refractivity contribution in [2.75, 3.05) is 7.11 Å². The van der Waals surface area contributed by atoms with E-state index in [4.69, 9.17) is 9.15 Å². The monoisotopic (exact) mass is 410 g/mol. The smallest absolute Gasteiger partial charge is 0.416 e. The zero-order valence-corrected chi connectivity index (χ0v) is 16.0. The lowest BCUT2D eigenvalue weighted by molar-refractivity contribution is -0.137. The summed E-state index contributed by atoms with van der Waals surface area (Å²) < 4.78 is 50.2. The van der Waals surface area contributed by atoms with Crippen LogP contribution in [-0.4, -0.2) is 12.9 Å². The highest BCUT2D eigenvalue weighted by Gasteiger charge is 2.30. The molecule has 0 spiro atoms. The Morgan fingerprint density at radius 1 is 0.967 bits per heavy atom. The maximum absolute atomic E-state index is 13.3. The molecule has 3 nitrogen and oxygen atoms in total. The lowest BCUT2D eigenvalue weighted by atomic mass is 9.97. The average Bonchev–Trinajstić information content (AvgIpc) is 3.10. The van der Waals surface area contributed by atoms with Gasteiger partial charge in [0.25, 0.3) is 0 Å². The van der Waals surface area contributed by atoms with E-state index in [1.165, 1.54) is 13.2 Å². The fourth-order valence-electron chi connectivity index (χ4n) is 3.40.